The summed E-state index contributed by atoms with van der Waals surface area (Å²) < 4.78 is 11.8. The van der Waals surface area contributed by atoms with E-state index in [0.29, 0.717) is 6.04 Å². The standard InChI is InChI=1S/C12H17IN2O2/c1-16-12-10(11(13)2-5-14-12)8-15-9-3-6-17-7-4-9/h2,5,9,15H,3-4,6-8H2,1H3. The van der Waals surface area contributed by atoms with Crippen molar-refractivity contribution in [2.24, 2.45) is 0 Å². The normalized spacial score (nSPS) is 17.1. The molecule has 17 heavy (non-hydrogen) atoms. The van der Waals surface area contributed by atoms with Gasteiger partial charge in [-0.1, -0.05) is 0 Å². The Bertz CT molecular complexity index is 368. The zero-order valence-corrected chi connectivity index (χ0v) is 12.1. The maximum Gasteiger partial charge on any atom is 0.218 e. The summed E-state index contributed by atoms with van der Waals surface area (Å²) >= 11 is 2.32. The Balaban J connectivity index is 1.97. The Labute approximate surface area is 115 Å². The van der Waals surface area contributed by atoms with Crippen molar-refractivity contribution in [1.29, 1.82) is 0 Å². The first-order valence-electron chi connectivity index (χ1n) is 5.79. The van der Waals surface area contributed by atoms with E-state index in [9.17, 15) is 0 Å². The van der Waals surface area contributed by atoms with Crippen LogP contribution in [0.2, 0.25) is 0 Å². The van der Waals surface area contributed by atoms with E-state index < -0.39 is 0 Å². The lowest BCUT2D eigenvalue weighted by Gasteiger charge is -2.23. The van der Waals surface area contributed by atoms with Crippen LogP contribution in [0.25, 0.3) is 0 Å². The van der Waals surface area contributed by atoms with E-state index in [0.717, 1.165) is 44.0 Å². The fourth-order valence-electron chi connectivity index (χ4n) is 1.94. The molecular weight excluding hydrogens is 331 g/mol. The molecule has 0 atom stereocenters. The van der Waals surface area contributed by atoms with Crippen LogP contribution in [0, 0.1) is 3.57 Å². The van der Waals surface area contributed by atoms with Crippen LogP contribution in [-0.2, 0) is 11.3 Å². The number of hydrogen-bond acceptors (Lipinski definition) is 4. The van der Waals surface area contributed by atoms with Crippen molar-refractivity contribution in [2.75, 3.05) is 20.3 Å². The maximum atomic E-state index is 5.34. The van der Waals surface area contributed by atoms with E-state index in [4.69, 9.17) is 9.47 Å². The van der Waals surface area contributed by atoms with E-state index in [2.05, 4.69) is 32.9 Å². The zero-order valence-electron chi connectivity index (χ0n) is 9.91. The van der Waals surface area contributed by atoms with Crippen LogP contribution < -0.4 is 10.1 Å². The van der Waals surface area contributed by atoms with Crippen molar-refractivity contribution in [3.8, 4) is 5.88 Å². The highest BCUT2D eigenvalue weighted by atomic mass is 127. The lowest BCUT2D eigenvalue weighted by atomic mass is 10.1. The molecule has 2 rings (SSSR count). The minimum atomic E-state index is 0.546. The molecule has 5 heteroatoms. The summed E-state index contributed by atoms with van der Waals surface area (Å²) in [4.78, 5) is 4.23. The van der Waals surface area contributed by atoms with Gasteiger partial charge in [0.1, 0.15) is 0 Å². The van der Waals surface area contributed by atoms with Crippen LogP contribution in [0.3, 0.4) is 0 Å². The van der Waals surface area contributed by atoms with Crippen LogP contribution >= 0.6 is 22.6 Å². The highest BCUT2D eigenvalue weighted by Crippen LogP contribution is 2.21. The van der Waals surface area contributed by atoms with Crippen LogP contribution in [0.4, 0.5) is 0 Å². The number of pyridine rings is 1. The molecule has 0 bridgehead atoms. The van der Waals surface area contributed by atoms with Gasteiger partial charge in [-0.15, -0.1) is 0 Å². The molecule has 2 heterocycles. The summed E-state index contributed by atoms with van der Waals surface area (Å²) in [7, 11) is 1.66. The second kappa shape index (κ2) is 6.51. The lowest BCUT2D eigenvalue weighted by Crippen LogP contribution is -2.34. The average Bonchev–Trinajstić information content (AvgIpc) is 2.38. The molecule has 94 valence electrons. The topological polar surface area (TPSA) is 43.4 Å². The molecule has 0 unspecified atom stereocenters. The molecule has 1 N–H and O–H groups in total. The molecule has 1 aliphatic heterocycles. The molecule has 0 amide bonds. The number of nitrogens with one attached hydrogen (secondary N) is 1. The second-order valence-electron chi connectivity index (χ2n) is 4.05. The smallest absolute Gasteiger partial charge is 0.218 e. The number of ether oxygens (including phenoxy) is 2. The number of halogens is 1. The van der Waals surface area contributed by atoms with Crippen molar-refractivity contribution in [1.82, 2.24) is 10.3 Å². The van der Waals surface area contributed by atoms with Gasteiger partial charge in [0.25, 0.3) is 0 Å². The Morgan fingerprint density at radius 3 is 3.00 bits per heavy atom. The average molecular weight is 348 g/mol. The predicted molar refractivity (Wildman–Crippen MR) is 74.2 cm³/mol. The molecule has 4 nitrogen and oxygen atoms in total. The Morgan fingerprint density at radius 2 is 2.29 bits per heavy atom. The number of methoxy groups -OCH3 is 1. The number of rotatable bonds is 4. The molecule has 1 saturated heterocycles. The van der Waals surface area contributed by atoms with Gasteiger partial charge < -0.3 is 14.8 Å². The monoisotopic (exact) mass is 348 g/mol. The van der Waals surface area contributed by atoms with Gasteiger partial charge in [-0.05, 0) is 41.5 Å². The largest absolute Gasteiger partial charge is 0.481 e. The van der Waals surface area contributed by atoms with Gasteiger partial charge in [0, 0.05) is 41.1 Å². The summed E-state index contributed by atoms with van der Waals surface area (Å²) in [6.45, 7) is 2.53. The van der Waals surface area contributed by atoms with E-state index in [1.807, 2.05) is 6.07 Å². The molecule has 0 aromatic carbocycles. The molecular formula is C12H17IN2O2. The van der Waals surface area contributed by atoms with E-state index in [1.54, 1.807) is 13.3 Å². The van der Waals surface area contributed by atoms with Gasteiger partial charge in [0.2, 0.25) is 5.88 Å². The molecule has 1 fully saturated rings. The fraction of sp³-hybridized carbons (Fsp3) is 0.583. The minimum Gasteiger partial charge on any atom is -0.481 e. The van der Waals surface area contributed by atoms with Crippen molar-refractivity contribution < 1.29 is 9.47 Å². The van der Waals surface area contributed by atoms with Crippen LogP contribution in [-0.4, -0.2) is 31.3 Å². The minimum absolute atomic E-state index is 0.546. The molecule has 1 aliphatic rings. The van der Waals surface area contributed by atoms with Crippen molar-refractivity contribution in [2.45, 2.75) is 25.4 Å². The summed E-state index contributed by atoms with van der Waals surface area (Å²) in [5.74, 6) is 0.719. The Hall–Kier alpha value is -0.400. The van der Waals surface area contributed by atoms with Gasteiger partial charge in [-0.2, -0.15) is 0 Å². The molecule has 0 radical (unpaired) electrons. The zero-order chi connectivity index (χ0) is 12.1. The van der Waals surface area contributed by atoms with Gasteiger partial charge in [-0.3, -0.25) is 0 Å². The van der Waals surface area contributed by atoms with Crippen molar-refractivity contribution >= 4 is 22.6 Å². The van der Waals surface area contributed by atoms with Crippen LogP contribution in [0.5, 0.6) is 5.88 Å². The van der Waals surface area contributed by atoms with Crippen molar-refractivity contribution in [3.05, 3.63) is 21.4 Å². The quantitative estimate of drug-likeness (QED) is 0.845. The first kappa shape index (κ1) is 13.0. The highest BCUT2D eigenvalue weighted by Gasteiger charge is 2.15. The summed E-state index contributed by atoms with van der Waals surface area (Å²) in [6.07, 6.45) is 3.94. The van der Waals surface area contributed by atoms with Gasteiger partial charge in [0.05, 0.1) is 7.11 Å². The molecule has 0 spiro atoms. The predicted octanol–water partition coefficient (Wildman–Crippen LogP) is 1.96. The SMILES string of the molecule is COc1nccc(I)c1CNC1CCOCC1. The number of aromatic nitrogens is 1. The third-order valence-corrected chi connectivity index (χ3v) is 3.95. The first-order valence-corrected chi connectivity index (χ1v) is 6.87. The Morgan fingerprint density at radius 1 is 1.53 bits per heavy atom. The summed E-state index contributed by atoms with van der Waals surface area (Å²) in [5, 5.41) is 3.55. The van der Waals surface area contributed by atoms with Gasteiger partial charge in [0.15, 0.2) is 0 Å². The molecule has 1 aromatic rings. The second-order valence-corrected chi connectivity index (χ2v) is 5.21. The fourth-order valence-corrected chi connectivity index (χ4v) is 2.52. The maximum absolute atomic E-state index is 5.34. The molecule has 1 aromatic heterocycles. The highest BCUT2D eigenvalue weighted by molar-refractivity contribution is 14.1. The van der Waals surface area contributed by atoms with Crippen molar-refractivity contribution in [3.63, 3.8) is 0 Å². The van der Waals surface area contributed by atoms with Crippen LogP contribution in [0.1, 0.15) is 18.4 Å². The van der Waals surface area contributed by atoms with Gasteiger partial charge >= 0.3 is 0 Å². The third kappa shape index (κ3) is 3.53. The van der Waals surface area contributed by atoms with Crippen LogP contribution in [0.15, 0.2) is 12.3 Å². The Kier molecular flexibility index (Phi) is 4.99. The third-order valence-electron chi connectivity index (χ3n) is 2.94. The lowest BCUT2D eigenvalue weighted by molar-refractivity contribution is 0.0775. The first-order chi connectivity index (χ1) is 8.31. The van der Waals surface area contributed by atoms with E-state index in [1.165, 1.54) is 3.57 Å². The summed E-state index contributed by atoms with van der Waals surface area (Å²) in [6, 6.07) is 2.55. The van der Waals surface area contributed by atoms with Gasteiger partial charge in [-0.25, -0.2) is 4.98 Å². The van der Waals surface area contributed by atoms with E-state index >= 15 is 0 Å². The van der Waals surface area contributed by atoms with E-state index in [-0.39, 0.29) is 0 Å². The molecule has 0 saturated carbocycles. The number of hydrogen-bond donors (Lipinski definition) is 1. The summed E-state index contributed by atoms with van der Waals surface area (Å²) in [5.41, 5.74) is 1.14. The number of nitrogens with zero attached hydrogens (tertiary/aromatic N) is 1. The molecule has 0 aliphatic carbocycles.